The Kier molecular flexibility index (Phi) is 4.42. The smallest absolute Gasteiger partial charge is 0.332 e. The summed E-state index contributed by atoms with van der Waals surface area (Å²) in [5, 5.41) is 9.07. The fourth-order valence-electron chi connectivity index (χ4n) is 1.40. The molecule has 0 spiro atoms. The van der Waals surface area contributed by atoms with Crippen LogP contribution in [0.1, 0.15) is 13.8 Å². The largest absolute Gasteiger partial charge is 0.479 e. The Morgan fingerprint density at radius 3 is 1.85 bits per heavy atom. The Balaban J connectivity index is 5.05. The zero-order chi connectivity index (χ0) is 10.5. The van der Waals surface area contributed by atoms with Crippen molar-refractivity contribution in [3.8, 4) is 0 Å². The van der Waals surface area contributed by atoms with Crippen LogP contribution in [-0.2, 0) is 4.79 Å². The van der Waals surface area contributed by atoms with Crippen molar-refractivity contribution < 1.29 is 9.90 Å². The van der Waals surface area contributed by atoms with Crippen molar-refractivity contribution in [2.45, 2.75) is 19.4 Å². The third-order valence-electron chi connectivity index (χ3n) is 2.25. The summed E-state index contributed by atoms with van der Waals surface area (Å²) in [6.45, 7) is 12.2. The number of carboxylic acids is 1. The SMILES string of the molecule is C=CC(C=C)(C(=O)O)N(CC)CC. The van der Waals surface area contributed by atoms with E-state index in [1.54, 1.807) is 4.90 Å². The molecule has 0 aromatic heterocycles. The zero-order valence-corrected chi connectivity index (χ0v) is 8.29. The van der Waals surface area contributed by atoms with Crippen LogP contribution in [0.5, 0.6) is 0 Å². The van der Waals surface area contributed by atoms with Crippen LogP contribution in [0.15, 0.2) is 25.3 Å². The van der Waals surface area contributed by atoms with Crippen molar-refractivity contribution >= 4 is 5.97 Å². The normalized spacial score (nSPS) is 11.3. The molecular weight excluding hydrogens is 166 g/mol. The van der Waals surface area contributed by atoms with E-state index in [0.717, 1.165) is 0 Å². The van der Waals surface area contributed by atoms with E-state index < -0.39 is 11.5 Å². The standard InChI is InChI=1S/C10H17NO2/c1-5-10(6-2,9(12)13)11(7-3)8-4/h5-6H,1-2,7-8H2,3-4H3,(H,12,13). The summed E-state index contributed by atoms with van der Waals surface area (Å²) in [5.74, 6) is -0.929. The maximum Gasteiger partial charge on any atom is 0.332 e. The lowest BCUT2D eigenvalue weighted by Gasteiger charge is -2.34. The summed E-state index contributed by atoms with van der Waals surface area (Å²) in [7, 11) is 0. The average Bonchev–Trinajstić information content (AvgIpc) is 2.13. The van der Waals surface area contributed by atoms with Gasteiger partial charge in [-0.05, 0) is 13.1 Å². The Morgan fingerprint density at radius 1 is 1.38 bits per heavy atom. The van der Waals surface area contributed by atoms with Gasteiger partial charge < -0.3 is 5.11 Å². The van der Waals surface area contributed by atoms with Gasteiger partial charge in [0, 0.05) is 0 Å². The number of hydrogen-bond acceptors (Lipinski definition) is 2. The molecule has 0 saturated heterocycles. The first-order valence-electron chi connectivity index (χ1n) is 4.34. The van der Waals surface area contributed by atoms with Gasteiger partial charge in [0.05, 0.1) is 0 Å². The predicted molar refractivity (Wildman–Crippen MR) is 53.7 cm³/mol. The quantitative estimate of drug-likeness (QED) is 0.635. The van der Waals surface area contributed by atoms with Crippen molar-refractivity contribution in [3.63, 3.8) is 0 Å². The van der Waals surface area contributed by atoms with Gasteiger partial charge in [0.15, 0.2) is 5.54 Å². The summed E-state index contributed by atoms with van der Waals surface area (Å²) < 4.78 is 0. The Labute approximate surface area is 79.4 Å². The maximum absolute atomic E-state index is 11.1. The molecule has 3 heteroatoms. The highest BCUT2D eigenvalue weighted by Crippen LogP contribution is 2.18. The van der Waals surface area contributed by atoms with Crippen LogP contribution in [0.25, 0.3) is 0 Å². The van der Waals surface area contributed by atoms with Crippen molar-refractivity contribution in [1.82, 2.24) is 4.90 Å². The lowest BCUT2D eigenvalue weighted by atomic mass is 9.97. The molecule has 0 rings (SSSR count). The molecule has 0 aromatic carbocycles. The van der Waals surface area contributed by atoms with E-state index in [4.69, 9.17) is 5.11 Å². The van der Waals surface area contributed by atoms with E-state index in [0.29, 0.717) is 13.1 Å². The minimum absolute atomic E-state index is 0.654. The monoisotopic (exact) mass is 183 g/mol. The molecule has 3 nitrogen and oxygen atoms in total. The lowest BCUT2D eigenvalue weighted by Crippen LogP contribution is -2.51. The molecule has 0 aliphatic rings. The molecule has 0 amide bonds. The van der Waals surface area contributed by atoms with Gasteiger partial charge in [-0.2, -0.15) is 0 Å². The number of hydrogen-bond donors (Lipinski definition) is 1. The van der Waals surface area contributed by atoms with Crippen molar-refractivity contribution in [2.24, 2.45) is 0 Å². The summed E-state index contributed by atoms with van der Waals surface area (Å²) in [5.41, 5.74) is -1.12. The second kappa shape index (κ2) is 4.82. The number of likely N-dealkylation sites (N-methyl/N-ethyl adjacent to an activating group) is 1. The van der Waals surface area contributed by atoms with Gasteiger partial charge in [-0.3, -0.25) is 4.90 Å². The van der Waals surface area contributed by atoms with Crippen LogP contribution < -0.4 is 0 Å². The molecule has 0 aromatic rings. The van der Waals surface area contributed by atoms with Gasteiger partial charge in [-0.15, -0.1) is 13.2 Å². The van der Waals surface area contributed by atoms with Gasteiger partial charge in [-0.1, -0.05) is 26.0 Å². The van der Waals surface area contributed by atoms with Crippen LogP contribution in [0.4, 0.5) is 0 Å². The molecule has 0 bridgehead atoms. The molecule has 0 aliphatic carbocycles. The zero-order valence-electron chi connectivity index (χ0n) is 8.29. The van der Waals surface area contributed by atoms with Crippen molar-refractivity contribution in [1.29, 1.82) is 0 Å². The minimum atomic E-state index is -1.12. The Morgan fingerprint density at radius 2 is 1.77 bits per heavy atom. The van der Waals surface area contributed by atoms with E-state index in [9.17, 15) is 4.79 Å². The molecule has 13 heavy (non-hydrogen) atoms. The van der Waals surface area contributed by atoms with Crippen LogP contribution in [0.2, 0.25) is 0 Å². The summed E-state index contributed by atoms with van der Waals surface area (Å²) >= 11 is 0. The lowest BCUT2D eigenvalue weighted by molar-refractivity contribution is -0.145. The molecule has 74 valence electrons. The molecular formula is C10H17NO2. The topological polar surface area (TPSA) is 40.5 Å². The van der Waals surface area contributed by atoms with Crippen LogP contribution in [0.3, 0.4) is 0 Å². The number of carbonyl (C=O) groups is 1. The summed E-state index contributed by atoms with van der Waals surface area (Å²) in [4.78, 5) is 12.8. The average molecular weight is 183 g/mol. The van der Waals surface area contributed by atoms with E-state index in [1.165, 1.54) is 12.2 Å². The number of rotatable bonds is 6. The highest BCUT2D eigenvalue weighted by atomic mass is 16.4. The van der Waals surface area contributed by atoms with Gasteiger partial charge in [0.25, 0.3) is 0 Å². The maximum atomic E-state index is 11.1. The Hall–Kier alpha value is -1.09. The second-order valence-corrected chi connectivity index (χ2v) is 2.71. The predicted octanol–water partition coefficient (Wildman–Crippen LogP) is 1.52. The Bertz CT molecular complexity index is 199. The van der Waals surface area contributed by atoms with E-state index in [1.807, 2.05) is 13.8 Å². The van der Waals surface area contributed by atoms with Gasteiger partial charge in [-0.25, -0.2) is 4.79 Å². The summed E-state index contributed by atoms with van der Waals surface area (Å²) in [6.07, 6.45) is 2.82. The van der Waals surface area contributed by atoms with Crippen molar-refractivity contribution in [3.05, 3.63) is 25.3 Å². The van der Waals surface area contributed by atoms with Crippen LogP contribution in [0, 0.1) is 0 Å². The number of nitrogens with zero attached hydrogens (tertiary/aromatic N) is 1. The third-order valence-corrected chi connectivity index (χ3v) is 2.25. The summed E-state index contributed by atoms with van der Waals surface area (Å²) in [6, 6.07) is 0. The van der Waals surface area contributed by atoms with Gasteiger partial charge >= 0.3 is 5.97 Å². The minimum Gasteiger partial charge on any atom is -0.479 e. The highest BCUT2D eigenvalue weighted by Gasteiger charge is 2.36. The van der Waals surface area contributed by atoms with Gasteiger partial charge in [0.2, 0.25) is 0 Å². The van der Waals surface area contributed by atoms with Crippen LogP contribution in [-0.4, -0.2) is 34.6 Å². The van der Waals surface area contributed by atoms with E-state index >= 15 is 0 Å². The first-order chi connectivity index (χ1) is 6.08. The molecule has 0 atom stereocenters. The number of carboxylic acid groups (broad SMARTS) is 1. The number of aliphatic carboxylic acids is 1. The fourth-order valence-corrected chi connectivity index (χ4v) is 1.40. The molecule has 0 aliphatic heterocycles. The molecule has 0 saturated carbocycles. The van der Waals surface area contributed by atoms with E-state index in [-0.39, 0.29) is 0 Å². The van der Waals surface area contributed by atoms with Gasteiger partial charge in [0.1, 0.15) is 0 Å². The van der Waals surface area contributed by atoms with Crippen molar-refractivity contribution in [2.75, 3.05) is 13.1 Å². The third kappa shape index (κ3) is 1.98. The molecule has 0 radical (unpaired) electrons. The van der Waals surface area contributed by atoms with E-state index in [2.05, 4.69) is 13.2 Å². The first kappa shape index (κ1) is 11.9. The molecule has 0 heterocycles. The highest BCUT2D eigenvalue weighted by molar-refractivity contribution is 5.84. The molecule has 0 fully saturated rings. The second-order valence-electron chi connectivity index (χ2n) is 2.71. The molecule has 0 unspecified atom stereocenters. The fraction of sp³-hybridized carbons (Fsp3) is 0.500. The van der Waals surface area contributed by atoms with Crippen LogP contribution >= 0.6 is 0 Å². The molecule has 1 N–H and O–H groups in total. The first-order valence-corrected chi connectivity index (χ1v) is 4.34.